The highest BCUT2D eigenvalue weighted by Crippen LogP contribution is 2.30. The van der Waals surface area contributed by atoms with Crippen LogP contribution in [-0.2, 0) is 0 Å². The first-order valence-corrected chi connectivity index (χ1v) is 6.93. The van der Waals surface area contributed by atoms with E-state index in [1.165, 1.54) is 7.11 Å². The number of carbonyl (C=O) groups excluding carboxylic acids is 1. The number of carbonyl (C=O) groups is 1. The van der Waals surface area contributed by atoms with Crippen LogP contribution in [0.2, 0.25) is 0 Å². The van der Waals surface area contributed by atoms with Crippen molar-refractivity contribution in [3.05, 3.63) is 46.4 Å². The maximum absolute atomic E-state index is 12.3. The normalized spacial score (nSPS) is 10.0. The molecule has 0 radical (unpaired) electrons. The lowest BCUT2D eigenvalue weighted by atomic mass is 10.1. The number of methoxy groups -OCH3 is 2. The molecule has 2 rings (SSSR count). The van der Waals surface area contributed by atoms with Gasteiger partial charge in [-0.1, -0.05) is 15.9 Å². The molecule has 0 heterocycles. The molecule has 0 aliphatic heterocycles. The summed E-state index contributed by atoms with van der Waals surface area (Å²) in [5.41, 5.74) is 7.17. The zero-order valence-electron chi connectivity index (χ0n) is 11.6. The van der Waals surface area contributed by atoms with Gasteiger partial charge in [-0.25, -0.2) is 0 Å². The number of ether oxygens (including phenoxy) is 2. The molecule has 0 fully saturated rings. The second kappa shape index (κ2) is 6.49. The monoisotopic (exact) mass is 350 g/mol. The van der Waals surface area contributed by atoms with E-state index in [4.69, 9.17) is 15.2 Å². The van der Waals surface area contributed by atoms with Gasteiger partial charge in [0.15, 0.2) is 0 Å². The molecule has 3 N–H and O–H groups in total. The van der Waals surface area contributed by atoms with E-state index in [9.17, 15) is 4.79 Å². The Bertz CT molecular complexity index is 674. The van der Waals surface area contributed by atoms with E-state index in [1.807, 2.05) is 0 Å². The Balaban J connectivity index is 2.29. The molecular weight excluding hydrogens is 336 g/mol. The average molecular weight is 351 g/mol. The second-order valence-corrected chi connectivity index (χ2v) is 5.17. The third-order valence-electron chi connectivity index (χ3n) is 2.92. The number of rotatable bonds is 4. The molecule has 0 saturated heterocycles. The maximum Gasteiger partial charge on any atom is 0.257 e. The van der Waals surface area contributed by atoms with Gasteiger partial charge in [-0.05, 0) is 30.3 Å². The highest BCUT2D eigenvalue weighted by atomic mass is 79.9. The lowest BCUT2D eigenvalue weighted by Crippen LogP contribution is -2.14. The van der Waals surface area contributed by atoms with Crippen LogP contribution in [0.3, 0.4) is 0 Å². The van der Waals surface area contributed by atoms with Crippen LogP contribution >= 0.6 is 15.9 Å². The first-order chi connectivity index (χ1) is 10.0. The van der Waals surface area contributed by atoms with Crippen LogP contribution < -0.4 is 20.5 Å². The summed E-state index contributed by atoms with van der Waals surface area (Å²) >= 11 is 3.32. The molecule has 0 aliphatic rings. The summed E-state index contributed by atoms with van der Waals surface area (Å²) in [5.74, 6) is 0.848. The molecule has 110 valence electrons. The van der Waals surface area contributed by atoms with Crippen LogP contribution in [0.5, 0.6) is 11.5 Å². The van der Waals surface area contributed by atoms with Crippen molar-refractivity contribution in [1.29, 1.82) is 0 Å². The van der Waals surface area contributed by atoms with Gasteiger partial charge >= 0.3 is 0 Å². The summed E-state index contributed by atoms with van der Waals surface area (Å²) in [4.78, 5) is 12.3. The molecule has 21 heavy (non-hydrogen) atoms. The van der Waals surface area contributed by atoms with Gasteiger partial charge in [0.2, 0.25) is 0 Å². The predicted octanol–water partition coefficient (Wildman–Crippen LogP) is 3.30. The Morgan fingerprint density at radius 1 is 1.14 bits per heavy atom. The van der Waals surface area contributed by atoms with Crippen molar-refractivity contribution in [1.82, 2.24) is 0 Å². The number of benzene rings is 2. The predicted molar refractivity (Wildman–Crippen MR) is 86.1 cm³/mol. The van der Waals surface area contributed by atoms with Crippen LogP contribution in [0.15, 0.2) is 40.9 Å². The van der Waals surface area contributed by atoms with E-state index in [0.717, 1.165) is 4.47 Å². The standard InChI is InChI=1S/C15H15BrN2O3/c1-20-10-4-6-13(14(8-10)21-2)18-15(19)11-7-9(16)3-5-12(11)17/h3-8H,17H2,1-2H3,(H,18,19). The molecule has 6 heteroatoms. The Morgan fingerprint density at radius 3 is 2.57 bits per heavy atom. The maximum atomic E-state index is 12.3. The fourth-order valence-electron chi connectivity index (χ4n) is 1.82. The molecule has 2 aromatic carbocycles. The van der Waals surface area contributed by atoms with Gasteiger partial charge in [0, 0.05) is 16.2 Å². The SMILES string of the molecule is COc1ccc(NC(=O)c2cc(Br)ccc2N)c(OC)c1. The van der Waals surface area contributed by atoms with Crippen LogP contribution in [-0.4, -0.2) is 20.1 Å². The van der Waals surface area contributed by atoms with Crippen molar-refractivity contribution in [2.45, 2.75) is 0 Å². The van der Waals surface area contributed by atoms with Crippen molar-refractivity contribution in [3.8, 4) is 11.5 Å². The zero-order chi connectivity index (χ0) is 15.4. The Morgan fingerprint density at radius 2 is 1.90 bits per heavy atom. The van der Waals surface area contributed by atoms with E-state index in [1.54, 1.807) is 43.5 Å². The van der Waals surface area contributed by atoms with E-state index in [0.29, 0.717) is 28.4 Å². The fraction of sp³-hybridized carbons (Fsp3) is 0.133. The van der Waals surface area contributed by atoms with Crippen molar-refractivity contribution < 1.29 is 14.3 Å². The van der Waals surface area contributed by atoms with E-state index in [2.05, 4.69) is 21.2 Å². The fourth-order valence-corrected chi connectivity index (χ4v) is 2.18. The third-order valence-corrected chi connectivity index (χ3v) is 3.41. The molecule has 5 nitrogen and oxygen atoms in total. The first kappa shape index (κ1) is 15.2. The van der Waals surface area contributed by atoms with E-state index in [-0.39, 0.29) is 5.91 Å². The van der Waals surface area contributed by atoms with Crippen molar-refractivity contribution >= 4 is 33.2 Å². The van der Waals surface area contributed by atoms with Gasteiger partial charge in [0.25, 0.3) is 5.91 Å². The van der Waals surface area contributed by atoms with Crippen molar-refractivity contribution in [2.24, 2.45) is 0 Å². The summed E-state index contributed by atoms with van der Waals surface area (Å²) in [5, 5.41) is 2.78. The third kappa shape index (κ3) is 3.46. The molecule has 0 unspecified atom stereocenters. The Kier molecular flexibility index (Phi) is 4.70. The Hall–Kier alpha value is -2.21. The second-order valence-electron chi connectivity index (χ2n) is 4.25. The van der Waals surface area contributed by atoms with E-state index >= 15 is 0 Å². The minimum Gasteiger partial charge on any atom is -0.497 e. The molecule has 0 aliphatic carbocycles. The van der Waals surface area contributed by atoms with Crippen LogP contribution in [0.1, 0.15) is 10.4 Å². The van der Waals surface area contributed by atoms with Crippen LogP contribution in [0.25, 0.3) is 0 Å². The number of nitrogens with two attached hydrogens (primary N) is 1. The van der Waals surface area contributed by atoms with Crippen molar-refractivity contribution in [2.75, 3.05) is 25.3 Å². The number of anilines is 2. The van der Waals surface area contributed by atoms with Gasteiger partial charge in [-0.3, -0.25) is 4.79 Å². The van der Waals surface area contributed by atoms with Gasteiger partial charge in [0.1, 0.15) is 11.5 Å². The summed E-state index contributed by atoms with van der Waals surface area (Å²) in [6, 6.07) is 10.3. The van der Waals surface area contributed by atoms with E-state index < -0.39 is 0 Å². The molecule has 0 aromatic heterocycles. The van der Waals surface area contributed by atoms with Crippen molar-refractivity contribution in [3.63, 3.8) is 0 Å². The quantitative estimate of drug-likeness (QED) is 0.829. The van der Waals surface area contributed by atoms with Gasteiger partial charge in [-0.2, -0.15) is 0 Å². The smallest absolute Gasteiger partial charge is 0.257 e. The number of amides is 1. The minimum absolute atomic E-state index is 0.308. The summed E-state index contributed by atoms with van der Waals surface area (Å²) < 4.78 is 11.1. The van der Waals surface area contributed by atoms with Crippen LogP contribution in [0.4, 0.5) is 11.4 Å². The van der Waals surface area contributed by atoms with Gasteiger partial charge in [-0.15, -0.1) is 0 Å². The lowest BCUT2D eigenvalue weighted by Gasteiger charge is -2.12. The zero-order valence-corrected chi connectivity index (χ0v) is 13.2. The number of hydrogen-bond acceptors (Lipinski definition) is 4. The number of nitrogen functional groups attached to an aromatic ring is 1. The largest absolute Gasteiger partial charge is 0.497 e. The number of halogens is 1. The molecule has 1 amide bonds. The Labute approximate surface area is 131 Å². The average Bonchev–Trinajstić information content (AvgIpc) is 2.49. The topological polar surface area (TPSA) is 73.6 Å². The summed E-state index contributed by atoms with van der Waals surface area (Å²) in [7, 11) is 3.09. The molecule has 0 atom stereocenters. The molecule has 0 saturated carbocycles. The molecule has 0 spiro atoms. The molecule has 0 bridgehead atoms. The lowest BCUT2D eigenvalue weighted by molar-refractivity contribution is 0.102. The van der Waals surface area contributed by atoms with Gasteiger partial charge < -0.3 is 20.5 Å². The van der Waals surface area contributed by atoms with Gasteiger partial charge in [0.05, 0.1) is 25.5 Å². The summed E-state index contributed by atoms with van der Waals surface area (Å²) in [6.07, 6.45) is 0. The number of hydrogen-bond donors (Lipinski definition) is 2. The highest BCUT2D eigenvalue weighted by Gasteiger charge is 2.13. The molecular formula is C15H15BrN2O3. The summed E-state index contributed by atoms with van der Waals surface area (Å²) in [6.45, 7) is 0. The minimum atomic E-state index is -0.308. The first-order valence-electron chi connectivity index (χ1n) is 6.13. The number of nitrogens with one attached hydrogen (secondary N) is 1. The molecule has 2 aromatic rings. The highest BCUT2D eigenvalue weighted by molar-refractivity contribution is 9.10. The van der Waals surface area contributed by atoms with Crippen LogP contribution in [0, 0.1) is 0 Å².